The van der Waals surface area contributed by atoms with Crippen molar-refractivity contribution in [1.82, 2.24) is 0 Å². The van der Waals surface area contributed by atoms with E-state index in [9.17, 15) is 0 Å². The van der Waals surface area contributed by atoms with Gasteiger partial charge in [-0.15, -0.1) is 0 Å². The molecule has 0 N–H and O–H groups in total. The Hall–Kier alpha value is -9.40. The van der Waals surface area contributed by atoms with Gasteiger partial charge in [0.15, 0.2) is 0 Å². The Morgan fingerprint density at radius 3 is 0.387 bits per heavy atom. The predicted octanol–water partition coefficient (Wildman–Crippen LogP) is 19.0. The Kier molecular flexibility index (Phi) is 13.1. The fourth-order valence-electron chi connectivity index (χ4n) is 10.8. The van der Waals surface area contributed by atoms with Crippen LogP contribution in [0.3, 0.4) is 0 Å². The first-order valence-electron chi connectivity index (χ1n) is 25.8. The average Bonchev–Trinajstić information content (AvgIpc) is 3.53. The fourth-order valence-corrected chi connectivity index (χ4v) is 10.8. The van der Waals surface area contributed by atoms with Crippen molar-refractivity contribution in [2.45, 2.75) is 11.2 Å². The number of benzene rings is 12. The van der Waals surface area contributed by atoms with Gasteiger partial charge in [0.2, 0.25) is 0 Å². The molecule has 0 aliphatic rings. The maximum Gasteiger partial charge on any atom is 0.145 e. The van der Waals surface area contributed by atoms with Crippen LogP contribution < -0.4 is 0 Å². The quantitative estimate of drug-likeness (QED) is 0.0987. The third kappa shape index (κ3) is 9.34. The van der Waals surface area contributed by atoms with Crippen LogP contribution in [0.2, 0.25) is 0 Å². The molecule has 12 aromatic carbocycles. The van der Waals surface area contributed by atoms with Gasteiger partial charge in [0, 0.05) is 0 Å². The van der Waals surface area contributed by atoms with E-state index in [-0.39, 0.29) is 0 Å². The Bertz CT molecular complexity index is 3070. The molecular weight excluding hydrogens is 905 g/mol. The van der Waals surface area contributed by atoms with Crippen LogP contribution in [0.5, 0.6) is 0 Å². The van der Waals surface area contributed by atoms with Gasteiger partial charge in [0.05, 0.1) is 0 Å². The first kappa shape index (κ1) is 46.7. The van der Waals surface area contributed by atoms with Gasteiger partial charge in [-0.3, -0.25) is 0 Å². The van der Waals surface area contributed by atoms with Gasteiger partial charge in [-0.2, -0.15) is 0 Å². The lowest BCUT2D eigenvalue weighted by Gasteiger charge is -2.46. The molecule has 12 aromatic rings. The lowest BCUT2D eigenvalue weighted by Crippen LogP contribution is -2.44. The highest BCUT2D eigenvalue weighted by Gasteiger charge is 2.49. The number of rotatable bonds is 14. The van der Waals surface area contributed by atoms with Crippen molar-refractivity contribution in [1.29, 1.82) is 0 Å². The Morgan fingerprint density at radius 1 is 0.133 bits per heavy atom. The van der Waals surface area contributed by atoms with Gasteiger partial charge in [-0.25, -0.2) is 0 Å². The lowest BCUT2D eigenvalue weighted by atomic mass is 9.74. The van der Waals surface area contributed by atoms with Crippen molar-refractivity contribution in [2.24, 2.45) is 0 Å². The minimum atomic E-state index is -1.23. The third-order valence-corrected chi connectivity index (χ3v) is 14.7. The summed E-state index contributed by atoms with van der Waals surface area (Å²) in [4.78, 5) is 0. The molecule has 0 saturated heterocycles. The minimum absolute atomic E-state index is 0.995. The van der Waals surface area contributed by atoms with Gasteiger partial charge in [-0.05, 0) is 100 Å². The molecule has 0 bridgehead atoms. The Balaban J connectivity index is 1.16. The summed E-state index contributed by atoms with van der Waals surface area (Å²) in [6.45, 7) is 0. The Morgan fingerprint density at radius 2 is 0.253 bits per heavy atom. The predicted molar refractivity (Wildman–Crippen MR) is 312 cm³/mol. The largest absolute Gasteiger partial charge is 0.340 e. The molecule has 1 heteroatoms. The fraction of sp³-hybridized carbons (Fsp3) is 0.0270. The van der Waals surface area contributed by atoms with Crippen LogP contribution in [-0.4, -0.2) is 0 Å². The smallest absolute Gasteiger partial charge is 0.145 e. The molecule has 0 saturated carbocycles. The summed E-state index contributed by atoms with van der Waals surface area (Å²) < 4.78 is 8.82. The molecule has 75 heavy (non-hydrogen) atoms. The van der Waals surface area contributed by atoms with Crippen LogP contribution in [0, 0.1) is 0 Å². The molecule has 0 fully saturated rings. The molecule has 0 heterocycles. The highest BCUT2D eigenvalue weighted by molar-refractivity contribution is 5.71. The molecule has 356 valence electrons. The monoisotopic (exact) mass is 958 g/mol. The molecule has 12 rings (SSSR count). The summed E-state index contributed by atoms with van der Waals surface area (Å²) in [6, 6.07) is 118. The molecule has 0 atom stereocenters. The van der Waals surface area contributed by atoms with E-state index in [0.29, 0.717) is 0 Å². The van der Waals surface area contributed by atoms with Crippen LogP contribution in [0.25, 0.3) is 66.8 Å². The van der Waals surface area contributed by atoms with E-state index in [4.69, 9.17) is 4.74 Å². The van der Waals surface area contributed by atoms with Crippen LogP contribution in [0.15, 0.2) is 328 Å². The lowest BCUT2D eigenvalue weighted by molar-refractivity contribution is -0.0810. The van der Waals surface area contributed by atoms with Crippen molar-refractivity contribution < 1.29 is 4.74 Å². The maximum absolute atomic E-state index is 8.82. The van der Waals surface area contributed by atoms with Crippen molar-refractivity contribution >= 4 is 0 Å². The molecule has 0 aromatic heterocycles. The zero-order chi connectivity index (χ0) is 50.3. The van der Waals surface area contributed by atoms with Gasteiger partial charge in [0.1, 0.15) is 11.2 Å². The second kappa shape index (κ2) is 21.0. The molecule has 0 amide bonds. The van der Waals surface area contributed by atoms with Crippen LogP contribution in [0.1, 0.15) is 33.4 Å². The number of hydrogen-bond donors (Lipinski definition) is 0. The third-order valence-electron chi connectivity index (χ3n) is 14.7. The molecule has 0 unspecified atom stereocenters. The summed E-state index contributed by atoms with van der Waals surface area (Å²) in [5, 5.41) is 0. The SMILES string of the molecule is c1ccc(-c2ccc(C(OC(c3ccc(-c4ccccc4)cc3)(c3ccc(-c4ccccc4)cc3)c3ccc(-c4ccccc4)cc3)(c3ccc(-c4ccccc4)cc3)c3ccc(-c4ccccc4)cc3)cc2)cc1. The normalized spacial score (nSPS) is 11.5. The molecule has 1 nitrogen and oxygen atoms in total. The summed E-state index contributed by atoms with van der Waals surface area (Å²) in [6.07, 6.45) is 0. The maximum atomic E-state index is 8.82. The minimum Gasteiger partial charge on any atom is -0.340 e. The standard InChI is InChI=1S/C74H54O/c1-7-19-55(20-8-1)61-31-43-67(44-32-61)73(68-45-33-62(34-46-68)56-21-9-2-10-22-56,69-47-35-63(36-48-69)57-23-11-3-12-24-57)75-74(70-49-37-64(38-50-70)58-25-13-4-14-26-58,71-51-39-65(40-52-71)59-27-15-5-16-28-59)72-53-41-66(42-54-72)60-29-17-6-18-30-60/h1-54H. The van der Waals surface area contributed by atoms with Gasteiger partial charge in [-0.1, -0.05) is 328 Å². The van der Waals surface area contributed by atoms with E-state index in [1.165, 1.54) is 0 Å². The van der Waals surface area contributed by atoms with Crippen LogP contribution in [0.4, 0.5) is 0 Å². The zero-order valence-electron chi connectivity index (χ0n) is 41.6. The van der Waals surface area contributed by atoms with E-state index in [0.717, 1.165) is 100 Å². The Labute approximate surface area is 441 Å². The molecule has 0 spiro atoms. The summed E-state index contributed by atoms with van der Waals surface area (Å²) in [5.74, 6) is 0. The summed E-state index contributed by atoms with van der Waals surface area (Å²) >= 11 is 0. The number of ether oxygens (including phenoxy) is 1. The van der Waals surface area contributed by atoms with E-state index in [1.807, 2.05) is 0 Å². The summed E-state index contributed by atoms with van der Waals surface area (Å²) in [5.41, 5.74) is 17.2. The second-order valence-electron chi connectivity index (χ2n) is 19.1. The molecule has 0 aliphatic carbocycles. The average molecular weight is 959 g/mol. The van der Waals surface area contributed by atoms with Crippen LogP contribution in [-0.2, 0) is 15.9 Å². The zero-order valence-corrected chi connectivity index (χ0v) is 41.6. The van der Waals surface area contributed by atoms with Crippen molar-refractivity contribution in [2.75, 3.05) is 0 Å². The van der Waals surface area contributed by atoms with E-state index < -0.39 is 11.2 Å². The van der Waals surface area contributed by atoms with Crippen LogP contribution >= 0.6 is 0 Å². The topological polar surface area (TPSA) is 9.23 Å². The van der Waals surface area contributed by atoms with Crippen molar-refractivity contribution in [3.63, 3.8) is 0 Å². The van der Waals surface area contributed by atoms with Gasteiger partial charge < -0.3 is 4.74 Å². The van der Waals surface area contributed by atoms with E-state index in [2.05, 4.69) is 328 Å². The second-order valence-corrected chi connectivity index (χ2v) is 19.1. The molecular formula is C74H54O. The highest BCUT2D eigenvalue weighted by atomic mass is 16.5. The van der Waals surface area contributed by atoms with Gasteiger partial charge in [0.25, 0.3) is 0 Å². The van der Waals surface area contributed by atoms with Crippen molar-refractivity contribution in [3.8, 4) is 66.8 Å². The highest BCUT2D eigenvalue weighted by Crippen LogP contribution is 2.53. The first-order valence-corrected chi connectivity index (χ1v) is 25.8. The van der Waals surface area contributed by atoms with Crippen molar-refractivity contribution in [3.05, 3.63) is 361 Å². The number of hydrogen-bond acceptors (Lipinski definition) is 1. The van der Waals surface area contributed by atoms with E-state index >= 15 is 0 Å². The molecule has 0 aliphatic heterocycles. The van der Waals surface area contributed by atoms with E-state index in [1.54, 1.807) is 0 Å². The van der Waals surface area contributed by atoms with Gasteiger partial charge >= 0.3 is 0 Å². The summed E-state index contributed by atoms with van der Waals surface area (Å²) in [7, 11) is 0. The first-order chi connectivity index (χ1) is 37.1. The molecule has 0 radical (unpaired) electrons.